The zero-order valence-corrected chi connectivity index (χ0v) is 11.0. The fourth-order valence-electron chi connectivity index (χ4n) is 2.21. The van der Waals surface area contributed by atoms with Gasteiger partial charge in [-0.05, 0) is 32.6 Å². The molecular formula is C12H22N2O3. The molecule has 1 atom stereocenters. The van der Waals surface area contributed by atoms with Gasteiger partial charge in [-0.2, -0.15) is 0 Å². The summed E-state index contributed by atoms with van der Waals surface area (Å²) in [4.78, 5) is 24.8. The number of urea groups is 1. The molecular weight excluding hydrogens is 220 g/mol. The van der Waals surface area contributed by atoms with Crippen molar-refractivity contribution in [1.29, 1.82) is 0 Å². The Balaban J connectivity index is 2.68. The highest BCUT2D eigenvalue weighted by atomic mass is 16.4. The number of carbonyl (C=O) groups is 2. The van der Waals surface area contributed by atoms with E-state index in [-0.39, 0.29) is 17.5 Å². The molecule has 1 aliphatic rings. The maximum atomic E-state index is 12.0. The van der Waals surface area contributed by atoms with Crippen molar-refractivity contribution in [2.75, 3.05) is 6.54 Å². The monoisotopic (exact) mass is 242 g/mol. The summed E-state index contributed by atoms with van der Waals surface area (Å²) < 4.78 is 0. The molecule has 0 bridgehead atoms. The summed E-state index contributed by atoms with van der Waals surface area (Å²) in [6.07, 6.45) is 1.93. The third-order valence-corrected chi connectivity index (χ3v) is 3.36. The standard InChI is InChI=1S/C12H22N2O3/c1-8(2)9(10(15)16)13-11(17)14-7-5-6-12(14,3)4/h8-9H,5-7H2,1-4H3,(H,13,17)(H,15,16)/t9-/m0/s1. The topological polar surface area (TPSA) is 69.6 Å². The van der Waals surface area contributed by atoms with Crippen molar-refractivity contribution in [3.05, 3.63) is 0 Å². The zero-order chi connectivity index (χ0) is 13.2. The highest BCUT2D eigenvalue weighted by molar-refractivity contribution is 5.83. The Morgan fingerprint density at radius 2 is 1.94 bits per heavy atom. The number of rotatable bonds is 3. The molecule has 1 heterocycles. The van der Waals surface area contributed by atoms with Crippen LogP contribution in [0.3, 0.4) is 0 Å². The third kappa shape index (κ3) is 3.11. The Labute approximate surface area is 102 Å². The molecule has 0 aromatic heterocycles. The number of nitrogens with zero attached hydrogens (tertiary/aromatic N) is 1. The average Bonchev–Trinajstić information content (AvgIpc) is 2.53. The summed E-state index contributed by atoms with van der Waals surface area (Å²) in [7, 11) is 0. The number of carboxylic acids is 1. The highest BCUT2D eigenvalue weighted by Gasteiger charge is 2.37. The van der Waals surface area contributed by atoms with Gasteiger partial charge in [0.15, 0.2) is 0 Å². The number of likely N-dealkylation sites (tertiary alicyclic amines) is 1. The molecule has 1 rings (SSSR count). The zero-order valence-electron chi connectivity index (χ0n) is 11.0. The Morgan fingerprint density at radius 3 is 2.29 bits per heavy atom. The van der Waals surface area contributed by atoms with Gasteiger partial charge in [0, 0.05) is 12.1 Å². The molecule has 0 radical (unpaired) electrons. The lowest BCUT2D eigenvalue weighted by molar-refractivity contribution is -0.140. The largest absolute Gasteiger partial charge is 0.480 e. The van der Waals surface area contributed by atoms with Gasteiger partial charge in [-0.1, -0.05) is 13.8 Å². The molecule has 0 unspecified atom stereocenters. The lowest BCUT2D eigenvalue weighted by Crippen LogP contribution is -2.53. The number of carbonyl (C=O) groups excluding carboxylic acids is 1. The molecule has 1 saturated heterocycles. The predicted molar refractivity (Wildman–Crippen MR) is 64.8 cm³/mol. The van der Waals surface area contributed by atoms with Gasteiger partial charge in [-0.3, -0.25) is 0 Å². The predicted octanol–water partition coefficient (Wildman–Crippen LogP) is 1.68. The fraction of sp³-hybridized carbons (Fsp3) is 0.833. The second-order valence-corrected chi connectivity index (χ2v) is 5.58. The summed E-state index contributed by atoms with van der Waals surface area (Å²) in [5.41, 5.74) is -0.176. The van der Waals surface area contributed by atoms with Crippen molar-refractivity contribution in [3.8, 4) is 0 Å². The maximum absolute atomic E-state index is 12.0. The summed E-state index contributed by atoms with van der Waals surface area (Å²) >= 11 is 0. The molecule has 5 nitrogen and oxygen atoms in total. The van der Waals surface area contributed by atoms with Crippen molar-refractivity contribution in [3.63, 3.8) is 0 Å². The Hall–Kier alpha value is -1.26. The van der Waals surface area contributed by atoms with Crippen molar-refractivity contribution < 1.29 is 14.7 Å². The normalized spacial score (nSPS) is 20.4. The molecule has 0 aromatic rings. The minimum absolute atomic E-state index is 0.123. The SMILES string of the molecule is CC(C)[C@H](NC(=O)N1CCCC1(C)C)C(=O)O. The van der Waals surface area contributed by atoms with Crippen LogP contribution in [0.2, 0.25) is 0 Å². The summed E-state index contributed by atoms with van der Waals surface area (Å²) in [6, 6.07) is -1.09. The molecule has 17 heavy (non-hydrogen) atoms. The van der Waals surface area contributed by atoms with Crippen LogP contribution in [-0.4, -0.2) is 40.1 Å². The van der Waals surface area contributed by atoms with Gasteiger partial charge < -0.3 is 15.3 Å². The summed E-state index contributed by atoms with van der Waals surface area (Å²) in [6.45, 7) is 8.28. The van der Waals surface area contributed by atoms with Gasteiger partial charge in [0.05, 0.1) is 0 Å². The van der Waals surface area contributed by atoms with E-state index in [1.807, 2.05) is 13.8 Å². The Bertz CT molecular complexity index is 313. The molecule has 2 N–H and O–H groups in total. The molecule has 0 spiro atoms. The van der Waals surface area contributed by atoms with Crippen LogP contribution in [0.1, 0.15) is 40.5 Å². The molecule has 5 heteroatoms. The van der Waals surface area contributed by atoms with Gasteiger partial charge >= 0.3 is 12.0 Å². The van der Waals surface area contributed by atoms with Crippen LogP contribution in [0.5, 0.6) is 0 Å². The van der Waals surface area contributed by atoms with Gasteiger partial charge in [-0.15, -0.1) is 0 Å². The van der Waals surface area contributed by atoms with Crippen molar-refractivity contribution >= 4 is 12.0 Å². The molecule has 2 amide bonds. The molecule has 0 aromatic carbocycles. The summed E-state index contributed by atoms with van der Waals surface area (Å²) in [5.74, 6) is -1.10. The molecule has 0 aliphatic carbocycles. The Morgan fingerprint density at radius 1 is 1.35 bits per heavy atom. The number of hydrogen-bond donors (Lipinski definition) is 2. The van der Waals surface area contributed by atoms with Crippen molar-refractivity contribution in [2.24, 2.45) is 5.92 Å². The van der Waals surface area contributed by atoms with Crippen LogP contribution in [0.15, 0.2) is 0 Å². The van der Waals surface area contributed by atoms with Crippen LogP contribution in [0.25, 0.3) is 0 Å². The molecule has 98 valence electrons. The summed E-state index contributed by atoms with van der Waals surface area (Å²) in [5, 5.41) is 11.6. The first kappa shape index (κ1) is 13.8. The molecule has 1 fully saturated rings. The van der Waals surface area contributed by atoms with E-state index in [0.29, 0.717) is 6.54 Å². The van der Waals surface area contributed by atoms with E-state index < -0.39 is 12.0 Å². The third-order valence-electron chi connectivity index (χ3n) is 3.36. The fourth-order valence-corrected chi connectivity index (χ4v) is 2.21. The van der Waals surface area contributed by atoms with Gasteiger partial charge in [0.2, 0.25) is 0 Å². The second-order valence-electron chi connectivity index (χ2n) is 5.58. The van der Waals surface area contributed by atoms with E-state index >= 15 is 0 Å². The van der Waals surface area contributed by atoms with E-state index in [1.165, 1.54) is 0 Å². The first-order valence-corrected chi connectivity index (χ1v) is 6.06. The van der Waals surface area contributed by atoms with Crippen LogP contribution in [-0.2, 0) is 4.79 Å². The average molecular weight is 242 g/mol. The van der Waals surface area contributed by atoms with Gasteiger partial charge in [0.1, 0.15) is 6.04 Å². The smallest absolute Gasteiger partial charge is 0.326 e. The first-order valence-electron chi connectivity index (χ1n) is 6.06. The number of carboxylic acid groups (broad SMARTS) is 1. The minimum Gasteiger partial charge on any atom is -0.480 e. The Kier molecular flexibility index (Phi) is 4.01. The van der Waals surface area contributed by atoms with E-state index in [1.54, 1.807) is 18.7 Å². The van der Waals surface area contributed by atoms with E-state index in [2.05, 4.69) is 5.32 Å². The second kappa shape index (κ2) is 4.94. The minimum atomic E-state index is -0.981. The van der Waals surface area contributed by atoms with Crippen molar-refractivity contribution in [1.82, 2.24) is 10.2 Å². The first-order chi connectivity index (χ1) is 7.75. The van der Waals surface area contributed by atoms with Gasteiger partial charge in [-0.25, -0.2) is 9.59 Å². The number of amides is 2. The lowest BCUT2D eigenvalue weighted by Gasteiger charge is -2.33. The van der Waals surface area contributed by atoms with E-state index in [4.69, 9.17) is 5.11 Å². The van der Waals surface area contributed by atoms with Crippen LogP contribution >= 0.6 is 0 Å². The lowest BCUT2D eigenvalue weighted by atomic mass is 10.0. The van der Waals surface area contributed by atoms with Crippen molar-refractivity contribution in [2.45, 2.75) is 52.1 Å². The quantitative estimate of drug-likeness (QED) is 0.791. The highest BCUT2D eigenvalue weighted by Crippen LogP contribution is 2.28. The van der Waals surface area contributed by atoms with Crippen LogP contribution in [0, 0.1) is 5.92 Å². The number of hydrogen-bond acceptors (Lipinski definition) is 2. The van der Waals surface area contributed by atoms with Crippen LogP contribution in [0.4, 0.5) is 4.79 Å². The van der Waals surface area contributed by atoms with Crippen LogP contribution < -0.4 is 5.32 Å². The maximum Gasteiger partial charge on any atom is 0.326 e. The van der Waals surface area contributed by atoms with E-state index in [0.717, 1.165) is 12.8 Å². The number of nitrogens with one attached hydrogen (secondary N) is 1. The van der Waals surface area contributed by atoms with Gasteiger partial charge in [0.25, 0.3) is 0 Å². The molecule has 1 aliphatic heterocycles. The van der Waals surface area contributed by atoms with E-state index in [9.17, 15) is 9.59 Å². The number of aliphatic carboxylic acids is 1. The molecule has 0 saturated carbocycles.